The molecule has 1 unspecified atom stereocenters. The Morgan fingerprint density at radius 3 is 2.38 bits per heavy atom. The average molecular weight is 195 g/mol. The Balaban J connectivity index is 2.22. The summed E-state index contributed by atoms with van der Waals surface area (Å²) in [6.07, 6.45) is 0.802. The molecule has 0 aliphatic carbocycles. The normalized spacial score (nSPS) is 20.9. The molecule has 1 saturated heterocycles. The molecule has 2 rings (SSSR count). The average Bonchev–Trinajstić information content (AvgIpc) is 2.17. The van der Waals surface area contributed by atoms with Crippen LogP contribution in [0, 0.1) is 0 Å². The van der Waals surface area contributed by atoms with Crippen LogP contribution in [0.3, 0.4) is 0 Å². The first-order chi connectivity index (χ1) is 6.31. The minimum absolute atomic E-state index is 0.648. The number of nitrogens with zero attached hydrogens (tertiary/aromatic N) is 1. The number of hydrogen-bond donors (Lipinski definition) is 0. The van der Waals surface area contributed by atoms with Gasteiger partial charge in [-0.1, -0.05) is 0 Å². The van der Waals surface area contributed by atoms with Crippen LogP contribution in [0.2, 0.25) is 0 Å². The molecular weight excluding hydrogens is 186 g/mol. The van der Waals surface area contributed by atoms with Crippen molar-refractivity contribution < 1.29 is 9.00 Å². The molecule has 1 heterocycles. The number of anilines is 1. The maximum absolute atomic E-state index is 11.2. The Labute approximate surface area is 79.0 Å². The summed E-state index contributed by atoms with van der Waals surface area (Å²) < 4.78 is 13.0. The second-order valence-corrected chi connectivity index (χ2v) is 4.33. The highest BCUT2D eigenvalue weighted by Gasteiger charge is 2.23. The first-order valence-corrected chi connectivity index (χ1v) is 5.30. The molecule has 0 spiro atoms. The van der Waals surface area contributed by atoms with E-state index in [4.69, 9.17) is 0 Å². The fourth-order valence-corrected chi connectivity index (χ4v) is 2.09. The summed E-state index contributed by atoms with van der Waals surface area (Å²) in [7, 11) is -0.844. The lowest BCUT2D eigenvalue weighted by atomic mass is 10.2. The molecule has 4 heteroatoms. The van der Waals surface area contributed by atoms with Gasteiger partial charge < -0.3 is 0 Å². The molecule has 0 bridgehead atoms. The van der Waals surface area contributed by atoms with E-state index < -0.39 is 11.0 Å². The van der Waals surface area contributed by atoms with E-state index in [0.29, 0.717) is 5.56 Å². The van der Waals surface area contributed by atoms with Gasteiger partial charge in [0.05, 0.1) is 5.75 Å². The van der Waals surface area contributed by atoms with Crippen LogP contribution in [-0.2, 0) is 11.0 Å². The second-order valence-electron chi connectivity index (χ2n) is 2.84. The molecule has 0 saturated carbocycles. The van der Waals surface area contributed by atoms with Gasteiger partial charge in [-0.3, -0.25) is 9.10 Å². The lowest BCUT2D eigenvalue weighted by Gasteiger charge is -2.31. The maximum atomic E-state index is 11.2. The summed E-state index contributed by atoms with van der Waals surface area (Å²) in [5, 5.41) is 0. The van der Waals surface area contributed by atoms with Gasteiger partial charge >= 0.3 is 0 Å². The summed E-state index contributed by atoms with van der Waals surface area (Å²) in [6.45, 7) is 0.840. The molecule has 0 radical (unpaired) electrons. The Morgan fingerprint density at radius 2 is 2.00 bits per heavy atom. The van der Waals surface area contributed by atoms with Crippen LogP contribution in [0.1, 0.15) is 10.4 Å². The molecular formula is C9H9NO2S. The van der Waals surface area contributed by atoms with Gasteiger partial charge in [0.15, 0.2) is 0 Å². The van der Waals surface area contributed by atoms with Crippen LogP contribution < -0.4 is 4.31 Å². The lowest BCUT2D eigenvalue weighted by Crippen LogP contribution is -2.42. The molecule has 1 aliphatic rings. The Morgan fingerprint density at radius 1 is 1.31 bits per heavy atom. The van der Waals surface area contributed by atoms with Crippen LogP contribution in [0.15, 0.2) is 24.3 Å². The van der Waals surface area contributed by atoms with Gasteiger partial charge in [0.25, 0.3) is 0 Å². The smallest absolute Gasteiger partial charge is 0.150 e. The third kappa shape index (κ3) is 1.49. The van der Waals surface area contributed by atoms with Crippen molar-refractivity contribution in [3.05, 3.63) is 29.8 Å². The number of rotatable bonds is 2. The molecule has 1 aliphatic heterocycles. The molecule has 0 N–H and O–H groups in total. The minimum atomic E-state index is -0.844. The van der Waals surface area contributed by atoms with Crippen LogP contribution in [-0.4, -0.2) is 22.8 Å². The highest BCUT2D eigenvalue weighted by Crippen LogP contribution is 2.21. The minimum Gasteiger partial charge on any atom is -0.298 e. The molecule has 0 aromatic heterocycles. The van der Waals surface area contributed by atoms with Crippen LogP contribution >= 0.6 is 0 Å². The van der Waals surface area contributed by atoms with E-state index in [9.17, 15) is 9.00 Å². The first kappa shape index (κ1) is 8.44. The molecule has 1 aromatic carbocycles. The van der Waals surface area contributed by atoms with Gasteiger partial charge in [-0.25, -0.2) is 4.21 Å². The number of carbonyl (C=O) groups excluding carboxylic acids is 1. The first-order valence-electron chi connectivity index (χ1n) is 4.02. The number of aldehydes is 1. The van der Waals surface area contributed by atoms with Crippen molar-refractivity contribution in [3.8, 4) is 0 Å². The van der Waals surface area contributed by atoms with E-state index in [-0.39, 0.29) is 0 Å². The fraction of sp³-hybridized carbons (Fsp3) is 0.222. The Kier molecular flexibility index (Phi) is 2.14. The van der Waals surface area contributed by atoms with Crippen LogP contribution in [0.4, 0.5) is 5.69 Å². The van der Waals surface area contributed by atoms with E-state index in [1.165, 1.54) is 0 Å². The number of hydrogen-bond acceptors (Lipinski definition) is 2. The lowest BCUT2D eigenvalue weighted by molar-refractivity contribution is 0.112. The van der Waals surface area contributed by atoms with Crippen molar-refractivity contribution >= 4 is 23.0 Å². The predicted octanol–water partition coefficient (Wildman–Crippen LogP) is 0.983. The molecule has 1 atom stereocenters. The van der Waals surface area contributed by atoms with E-state index in [1.807, 2.05) is 16.4 Å². The highest BCUT2D eigenvalue weighted by molar-refractivity contribution is 7.88. The number of benzene rings is 1. The van der Waals surface area contributed by atoms with Gasteiger partial charge in [0.1, 0.15) is 17.3 Å². The third-order valence-electron chi connectivity index (χ3n) is 2.03. The second kappa shape index (κ2) is 3.30. The highest BCUT2D eigenvalue weighted by atomic mass is 32.2. The Bertz CT molecular complexity index is 347. The molecule has 1 fully saturated rings. The van der Waals surface area contributed by atoms with E-state index in [2.05, 4.69) is 0 Å². The topological polar surface area (TPSA) is 37.4 Å². The maximum Gasteiger partial charge on any atom is 0.150 e. The van der Waals surface area contributed by atoms with Gasteiger partial charge in [-0.05, 0) is 24.3 Å². The predicted molar refractivity (Wildman–Crippen MR) is 52.2 cm³/mol. The number of carbonyl (C=O) groups is 1. The largest absolute Gasteiger partial charge is 0.298 e. The third-order valence-corrected chi connectivity index (χ3v) is 3.45. The van der Waals surface area contributed by atoms with Gasteiger partial charge in [-0.2, -0.15) is 0 Å². The van der Waals surface area contributed by atoms with Gasteiger partial charge in [-0.15, -0.1) is 0 Å². The molecule has 1 aromatic rings. The molecule has 68 valence electrons. The SMILES string of the molecule is O=Cc1ccc(N2CCS2=O)cc1. The van der Waals surface area contributed by atoms with Crippen LogP contribution in [0.5, 0.6) is 0 Å². The van der Waals surface area contributed by atoms with Crippen LogP contribution in [0.25, 0.3) is 0 Å². The summed E-state index contributed by atoms with van der Waals surface area (Å²) in [4.78, 5) is 10.4. The summed E-state index contributed by atoms with van der Waals surface area (Å²) in [5.74, 6) is 0.745. The summed E-state index contributed by atoms with van der Waals surface area (Å²) >= 11 is 0. The van der Waals surface area contributed by atoms with Gasteiger partial charge in [0.2, 0.25) is 0 Å². The molecule has 3 nitrogen and oxygen atoms in total. The van der Waals surface area contributed by atoms with E-state index in [1.54, 1.807) is 12.1 Å². The van der Waals surface area contributed by atoms with Crippen molar-refractivity contribution in [2.45, 2.75) is 0 Å². The molecule has 0 amide bonds. The molecule has 13 heavy (non-hydrogen) atoms. The zero-order valence-corrected chi connectivity index (χ0v) is 7.79. The monoisotopic (exact) mass is 195 g/mol. The van der Waals surface area contributed by atoms with E-state index in [0.717, 1.165) is 24.3 Å². The van der Waals surface area contributed by atoms with Crippen molar-refractivity contribution in [2.75, 3.05) is 16.6 Å². The van der Waals surface area contributed by atoms with Crippen molar-refractivity contribution in [1.82, 2.24) is 0 Å². The van der Waals surface area contributed by atoms with Crippen molar-refractivity contribution in [2.24, 2.45) is 0 Å². The zero-order chi connectivity index (χ0) is 9.26. The van der Waals surface area contributed by atoms with Crippen molar-refractivity contribution in [3.63, 3.8) is 0 Å². The van der Waals surface area contributed by atoms with Gasteiger partial charge in [0, 0.05) is 17.8 Å². The summed E-state index contributed by atoms with van der Waals surface area (Å²) in [6, 6.07) is 7.11. The Hall–Kier alpha value is -1.16. The summed E-state index contributed by atoms with van der Waals surface area (Å²) in [5.41, 5.74) is 1.57. The standard InChI is InChI=1S/C9H9NO2S/c11-7-8-1-3-9(4-2-8)10-5-6-13(10)12/h1-4,7H,5-6H2. The van der Waals surface area contributed by atoms with E-state index >= 15 is 0 Å². The van der Waals surface area contributed by atoms with Crippen molar-refractivity contribution in [1.29, 1.82) is 0 Å². The fourth-order valence-electron chi connectivity index (χ4n) is 1.22. The zero-order valence-electron chi connectivity index (χ0n) is 6.97. The quantitative estimate of drug-likeness (QED) is 0.660.